The molecular weight excluding hydrogens is 342 g/mol. The average Bonchev–Trinajstić information content (AvgIpc) is 2.87. The van der Waals surface area contributed by atoms with Gasteiger partial charge in [-0.15, -0.1) is 0 Å². The van der Waals surface area contributed by atoms with Crippen molar-refractivity contribution in [2.45, 2.75) is 0 Å². The first kappa shape index (κ1) is 14.7. The van der Waals surface area contributed by atoms with Crippen LogP contribution in [-0.2, 0) is 7.05 Å². The number of aryl methyl sites for hydroxylation is 1. The van der Waals surface area contributed by atoms with E-state index in [0.29, 0.717) is 0 Å². The van der Waals surface area contributed by atoms with Crippen LogP contribution in [-0.4, -0.2) is 16.9 Å². The van der Waals surface area contributed by atoms with Crippen molar-refractivity contribution in [1.29, 1.82) is 0 Å². The number of rotatable bonds is 4. The number of hydrogen-bond acceptors (Lipinski definition) is 3. The van der Waals surface area contributed by atoms with Crippen LogP contribution >= 0.6 is 15.9 Å². The van der Waals surface area contributed by atoms with Crippen molar-refractivity contribution < 1.29 is 4.74 Å². The molecule has 3 aromatic rings. The Morgan fingerprint density at radius 1 is 1.09 bits per heavy atom. The molecule has 2 aromatic carbocycles. The Bertz CT molecular complexity index is 779. The summed E-state index contributed by atoms with van der Waals surface area (Å²) in [6, 6.07) is 16.1. The first-order chi connectivity index (χ1) is 10.7. The van der Waals surface area contributed by atoms with Crippen molar-refractivity contribution in [3.05, 3.63) is 59.2 Å². The van der Waals surface area contributed by atoms with Crippen LogP contribution in [0.4, 0.5) is 11.4 Å². The second-order valence-electron chi connectivity index (χ2n) is 4.90. The molecular formula is C17H16BrN3O. The molecule has 1 aromatic heterocycles. The number of ether oxygens (including phenoxy) is 1. The molecule has 0 unspecified atom stereocenters. The second kappa shape index (κ2) is 6.23. The number of aromatic nitrogens is 2. The molecule has 1 heterocycles. The van der Waals surface area contributed by atoms with Gasteiger partial charge in [-0.2, -0.15) is 5.10 Å². The van der Waals surface area contributed by atoms with Gasteiger partial charge in [0, 0.05) is 30.1 Å². The molecule has 0 bridgehead atoms. The smallest absolute Gasteiger partial charge is 0.120 e. The summed E-state index contributed by atoms with van der Waals surface area (Å²) < 4.78 is 8.08. The number of nitrogens with one attached hydrogen (secondary N) is 1. The van der Waals surface area contributed by atoms with Gasteiger partial charge < -0.3 is 10.1 Å². The number of nitrogens with zero attached hydrogens (tertiary/aromatic N) is 2. The SMILES string of the molecule is COc1cccc(Nc2cccc(-c3c(Br)cnn3C)c2)c1. The van der Waals surface area contributed by atoms with Gasteiger partial charge in [-0.3, -0.25) is 4.68 Å². The Morgan fingerprint density at radius 3 is 2.50 bits per heavy atom. The predicted octanol–water partition coefficient (Wildman–Crippen LogP) is 4.60. The van der Waals surface area contributed by atoms with E-state index in [0.717, 1.165) is 32.9 Å². The maximum absolute atomic E-state index is 5.25. The fourth-order valence-corrected chi connectivity index (χ4v) is 2.92. The van der Waals surface area contributed by atoms with Gasteiger partial charge in [0.25, 0.3) is 0 Å². The van der Waals surface area contributed by atoms with Crippen LogP contribution in [0.2, 0.25) is 0 Å². The minimum absolute atomic E-state index is 0.829. The van der Waals surface area contributed by atoms with E-state index in [9.17, 15) is 0 Å². The fraction of sp³-hybridized carbons (Fsp3) is 0.118. The summed E-state index contributed by atoms with van der Waals surface area (Å²) in [5, 5.41) is 7.66. The Kier molecular flexibility index (Phi) is 4.15. The number of anilines is 2. The van der Waals surface area contributed by atoms with E-state index >= 15 is 0 Å². The van der Waals surface area contributed by atoms with Gasteiger partial charge in [0.15, 0.2) is 0 Å². The highest BCUT2D eigenvalue weighted by Crippen LogP contribution is 2.30. The summed E-state index contributed by atoms with van der Waals surface area (Å²) in [5.74, 6) is 0.829. The summed E-state index contributed by atoms with van der Waals surface area (Å²) in [7, 11) is 3.60. The molecule has 0 fully saturated rings. The highest BCUT2D eigenvalue weighted by atomic mass is 79.9. The normalized spacial score (nSPS) is 10.5. The van der Waals surface area contributed by atoms with Gasteiger partial charge in [0.2, 0.25) is 0 Å². The molecule has 3 rings (SSSR count). The fourth-order valence-electron chi connectivity index (χ4n) is 2.35. The van der Waals surface area contributed by atoms with Gasteiger partial charge in [0.1, 0.15) is 5.75 Å². The first-order valence-electron chi connectivity index (χ1n) is 6.86. The summed E-state index contributed by atoms with van der Waals surface area (Å²) in [6.07, 6.45) is 1.80. The number of halogens is 1. The molecule has 22 heavy (non-hydrogen) atoms. The zero-order valence-corrected chi connectivity index (χ0v) is 14.0. The first-order valence-corrected chi connectivity index (χ1v) is 7.65. The maximum atomic E-state index is 5.25. The van der Waals surface area contributed by atoms with E-state index in [-0.39, 0.29) is 0 Å². The third kappa shape index (κ3) is 2.99. The Balaban J connectivity index is 1.91. The highest BCUT2D eigenvalue weighted by molar-refractivity contribution is 9.10. The Labute approximate surface area is 137 Å². The quantitative estimate of drug-likeness (QED) is 0.741. The summed E-state index contributed by atoms with van der Waals surface area (Å²) in [4.78, 5) is 0. The second-order valence-corrected chi connectivity index (χ2v) is 5.76. The van der Waals surface area contributed by atoms with Gasteiger partial charge in [-0.25, -0.2) is 0 Å². The third-order valence-corrected chi connectivity index (χ3v) is 3.97. The molecule has 5 heteroatoms. The number of hydrogen-bond donors (Lipinski definition) is 1. The molecule has 0 saturated carbocycles. The standard InChI is InChI=1S/C17H16BrN3O/c1-21-17(16(18)11-19-21)12-5-3-6-13(9-12)20-14-7-4-8-15(10-14)22-2/h3-11,20H,1-2H3. The van der Waals surface area contributed by atoms with E-state index in [2.05, 4.69) is 38.5 Å². The summed E-state index contributed by atoms with van der Waals surface area (Å²) >= 11 is 3.54. The third-order valence-electron chi connectivity index (χ3n) is 3.39. The molecule has 112 valence electrons. The van der Waals surface area contributed by atoms with Gasteiger partial charge in [-0.05, 0) is 40.2 Å². The van der Waals surface area contributed by atoms with Crippen molar-refractivity contribution in [2.24, 2.45) is 7.05 Å². The molecule has 0 spiro atoms. The van der Waals surface area contributed by atoms with E-state index in [1.54, 1.807) is 13.3 Å². The van der Waals surface area contributed by atoms with Gasteiger partial charge in [-0.1, -0.05) is 18.2 Å². The molecule has 0 radical (unpaired) electrons. The van der Waals surface area contributed by atoms with Crippen molar-refractivity contribution in [3.8, 4) is 17.0 Å². The molecule has 0 saturated heterocycles. The highest BCUT2D eigenvalue weighted by Gasteiger charge is 2.09. The van der Waals surface area contributed by atoms with Crippen molar-refractivity contribution in [3.63, 3.8) is 0 Å². The van der Waals surface area contributed by atoms with Crippen LogP contribution in [0.1, 0.15) is 0 Å². The molecule has 0 aliphatic rings. The lowest BCUT2D eigenvalue weighted by Gasteiger charge is -2.10. The van der Waals surface area contributed by atoms with Crippen molar-refractivity contribution >= 4 is 27.3 Å². The zero-order valence-electron chi connectivity index (χ0n) is 12.4. The van der Waals surface area contributed by atoms with E-state index in [1.165, 1.54) is 0 Å². The number of methoxy groups -OCH3 is 1. The molecule has 0 aliphatic carbocycles. The van der Waals surface area contributed by atoms with Crippen LogP contribution in [0.3, 0.4) is 0 Å². The van der Waals surface area contributed by atoms with Crippen LogP contribution in [0.5, 0.6) is 5.75 Å². The monoisotopic (exact) mass is 357 g/mol. The van der Waals surface area contributed by atoms with Gasteiger partial charge in [0.05, 0.1) is 23.5 Å². The molecule has 0 aliphatic heterocycles. The van der Waals surface area contributed by atoms with Crippen LogP contribution in [0, 0.1) is 0 Å². The molecule has 1 N–H and O–H groups in total. The minimum Gasteiger partial charge on any atom is -0.497 e. The number of benzene rings is 2. The average molecular weight is 358 g/mol. The topological polar surface area (TPSA) is 39.1 Å². The van der Waals surface area contributed by atoms with E-state index in [1.807, 2.05) is 48.1 Å². The lowest BCUT2D eigenvalue weighted by molar-refractivity contribution is 0.415. The Hall–Kier alpha value is -2.27. The molecule has 0 atom stereocenters. The van der Waals surface area contributed by atoms with E-state index in [4.69, 9.17) is 4.74 Å². The van der Waals surface area contributed by atoms with Crippen LogP contribution < -0.4 is 10.1 Å². The predicted molar refractivity (Wildman–Crippen MR) is 92.6 cm³/mol. The zero-order chi connectivity index (χ0) is 15.5. The van der Waals surface area contributed by atoms with Gasteiger partial charge >= 0.3 is 0 Å². The van der Waals surface area contributed by atoms with Crippen LogP contribution in [0.25, 0.3) is 11.3 Å². The van der Waals surface area contributed by atoms with Crippen molar-refractivity contribution in [1.82, 2.24) is 9.78 Å². The largest absolute Gasteiger partial charge is 0.497 e. The lowest BCUT2D eigenvalue weighted by atomic mass is 10.1. The summed E-state index contributed by atoms with van der Waals surface area (Å²) in [5.41, 5.74) is 4.15. The molecule has 0 amide bonds. The van der Waals surface area contributed by atoms with Crippen molar-refractivity contribution in [2.75, 3.05) is 12.4 Å². The Morgan fingerprint density at radius 2 is 1.82 bits per heavy atom. The van der Waals surface area contributed by atoms with E-state index < -0.39 is 0 Å². The van der Waals surface area contributed by atoms with Crippen LogP contribution in [0.15, 0.2) is 59.2 Å². The minimum atomic E-state index is 0.829. The summed E-state index contributed by atoms with van der Waals surface area (Å²) in [6.45, 7) is 0. The maximum Gasteiger partial charge on any atom is 0.120 e. The molecule has 4 nitrogen and oxygen atoms in total. The lowest BCUT2D eigenvalue weighted by Crippen LogP contribution is -1.95.